The van der Waals surface area contributed by atoms with Crippen LogP contribution < -0.4 is 5.32 Å². The molecule has 1 aromatic rings. The molecule has 2 rings (SSSR count). The van der Waals surface area contributed by atoms with Crippen molar-refractivity contribution in [2.45, 2.75) is 32.7 Å². The predicted molar refractivity (Wildman–Crippen MR) is 96.7 cm³/mol. The number of thiocarbonyl (C=S) groups is 1. The molecule has 1 aromatic heterocycles. The predicted octanol–water partition coefficient (Wildman–Crippen LogP) is 3.25. The van der Waals surface area contributed by atoms with Crippen LogP contribution in [0.5, 0.6) is 0 Å². The third kappa shape index (κ3) is 4.66. The molecule has 2 heterocycles. The SMILES string of the molecule is CC(C)(C)NC(=O)CCN1C(=O)/C(=C\c2cccs2)SC1=S. The van der Waals surface area contributed by atoms with E-state index in [9.17, 15) is 9.59 Å². The van der Waals surface area contributed by atoms with Gasteiger partial charge < -0.3 is 5.32 Å². The molecular formula is C15H18N2O2S3. The first-order valence-electron chi connectivity index (χ1n) is 6.86. The van der Waals surface area contributed by atoms with Crippen molar-refractivity contribution in [1.29, 1.82) is 0 Å². The lowest BCUT2D eigenvalue weighted by Gasteiger charge is -2.21. The zero-order valence-corrected chi connectivity index (χ0v) is 15.2. The molecule has 1 saturated heterocycles. The molecule has 0 spiro atoms. The molecule has 0 saturated carbocycles. The highest BCUT2D eigenvalue weighted by Crippen LogP contribution is 2.33. The maximum absolute atomic E-state index is 12.4. The smallest absolute Gasteiger partial charge is 0.266 e. The van der Waals surface area contributed by atoms with Crippen LogP contribution in [0.1, 0.15) is 32.1 Å². The lowest BCUT2D eigenvalue weighted by atomic mass is 10.1. The van der Waals surface area contributed by atoms with Crippen molar-refractivity contribution in [3.05, 3.63) is 27.3 Å². The van der Waals surface area contributed by atoms with Crippen molar-refractivity contribution >= 4 is 57.5 Å². The Morgan fingerprint density at radius 2 is 2.18 bits per heavy atom. The summed E-state index contributed by atoms with van der Waals surface area (Å²) in [6, 6.07) is 3.89. The maximum atomic E-state index is 12.4. The Labute approximate surface area is 144 Å². The molecule has 22 heavy (non-hydrogen) atoms. The fraction of sp³-hybridized carbons (Fsp3) is 0.400. The van der Waals surface area contributed by atoms with Crippen LogP contribution in [-0.2, 0) is 9.59 Å². The summed E-state index contributed by atoms with van der Waals surface area (Å²) in [5, 5.41) is 4.84. The molecule has 1 aliphatic heterocycles. The average molecular weight is 355 g/mol. The summed E-state index contributed by atoms with van der Waals surface area (Å²) in [5.74, 6) is -0.198. The van der Waals surface area contributed by atoms with Crippen LogP contribution in [0.15, 0.2) is 22.4 Å². The first kappa shape index (κ1) is 17.2. The van der Waals surface area contributed by atoms with Crippen LogP contribution in [0, 0.1) is 0 Å². The second kappa shape index (κ2) is 6.93. The van der Waals surface area contributed by atoms with Crippen LogP contribution >= 0.6 is 35.3 Å². The first-order chi connectivity index (χ1) is 10.3. The Balaban J connectivity index is 1.97. The number of thioether (sulfide) groups is 1. The van der Waals surface area contributed by atoms with Gasteiger partial charge in [-0.3, -0.25) is 14.5 Å². The van der Waals surface area contributed by atoms with Crippen molar-refractivity contribution in [3.8, 4) is 0 Å². The quantitative estimate of drug-likeness (QED) is 0.666. The van der Waals surface area contributed by atoms with Gasteiger partial charge in [0.25, 0.3) is 5.91 Å². The molecule has 0 radical (unpaired) electrons. The van der Waals surface area contributed by atoms with Gasteiger partial charge in [0.05, 0.1) is 4.91 Å². The topological polar surface area (TPSA) is 49.4 Å². The van der Waals surface area contributed by atoms with E-state index in [1.807, 2.05) is 44.4 Å². The van der Waals surface area contributed by atoms with E-state index in [0.717, 1.165) is 4.88 Å². The highest BCUT2D eigenvalue weighted by Gasteiger charge is 2.32. The fourth-order valence-electron chi connectivity index (χ4n) is 1.89. The van der Waals surface area contributed by atoms with Crippen LogP contribution in [0.2, 0.25) is 0 Å². The van der Waals surface area contributed by atoms with E-state index in [4.69, 9.17) is 12.2 Å². The molecular weight excluding hydrogens is 336 g/mol. The van der Waals surface area contributed by atoms with E-state index in [1.54, 1.807) is 11.3 Å². The summed E-state index contributed by atoms with van der Waals surface area (Å²) in [5.41, 5.74) is -0.272. The van der Waals surface area contributed by atoms with Gasteiger partial charge in [0.1, 0.15) is 4.32 Å². The van der Waals surface area contributed by atoms with E-state index >= 15 is 0 Å². The number of carbonyl (C=O) groups is 2. The minimum absolute atomic E-state index is 0.0798. The van der Waals surface area contributed by atoms with Crippen LogP contribution in [-0.4, -0.2) is 33.1 Å². The molecule has 118 valence electrons. The van der Waals surface area contributed by atoms with Crippen molar-refractivity contribution < 1.29 is 9.59 Å². The highest BCUT2D eigenvalue weighted by molar-refractivity contribution is 8.26. The Hall–Kier alpha value is -1.18. The summed E-state index contributed by atoms with van der Waals surface area (Å²) in [6.07, 6.45) is 2.09. The molecule has 0 aromatic carbocycles. The molecule has 0 aliphatic carbocycles. The molecule has 2 amide bonds. The molecule has 0 unspecified atom stereocenters. The number of carbonyl (C=O) groups excluding carboxylic acids is 2. The van der Waals surface area contributed by atoms with Gasteiger partial charge in [-0.15, -0.1) is 11.3 Å². The summed E-state index contributed by atoms with van der Waals surface area (Å²) in [6.45, 7) is 6.09. The Bertz CT molecular complexity index is 615. The third-order valence-corrected chi connectivity index (χ3v) is 4.96. The van der Waals surface area contributed by atoms with E-state index in [2.05, 4.69) is 5.32 Å². The zero-order valence-electron chi connectivity index (χ0n) is 12.7. The minimum Gasteiger partial charge on any atom is -0.351 e. The van der Waals surface area contributed by atoms with Crippen molar-refractivity contribution in [1.82, 2.24) is 10.2 Å². The van der Waals surface area contributed by atoms with Gasteiger partial charge in [-0.1, -0.05) is 30.0 Å². The number of nitrogens with zero attached hydrogens (tertiary/aromatic N) is 1. The van der Waals surface area contributed by atoms with Crippen LogP contribution in [0.4, 0.5) is 0 Å². The number of nitrogens with one attached hydrogen (secondary N) is 1. The van der Waals surface area contributed by atoms with Gasteiger partial charge in [0, 0.05) is 23.4 Å². The summed E-state index contributed by atoms with van der Waals surface area (Å²) < 4.78 is 0.511. The maximum Gasteiger partial charge on any atom is 0.266 e. The van der Waals surface area contributed by atoms with Gasteiger partial charge >= 0.3 is 0 Å². The Morgan fingerprint density at radius 3 is 2.77 bits per heavy atom. The van der Waals surface area contributed by atoms with E-state index < -0.39 is 0 Å². The van der Waals surface area contributed by atoms with Gasteiger partial charge in [-0.2, -0.15) is 0 Å². The van der Waals surface area contributed by atoms with Gasteiger partial charge in [0.15, 0.2) is 0 Å². The molecule has 1 fully saturated rings. The standard InChI is InChI=1S/C15H18N2O2S3/c1-15(2,3)16-12(18)6-7-17-13(19)11(22-14(17)20)9-10-5-4-8-21-10/h4-5,8-9H,6-7H2,1-3H3,(H,16,18)/b11-9+. The number of rotatable bonds is 4. The normalized spacial score (nSPS) is 17.4. The van der Waals surface area contributed by atoms with Crippen molar-refractivity contribution in [2.24, 2.45) is 0 Å². The minimum atomic E-state index is -0.272. The number of hydrogen-bond acceptors (Lipinski definition) is 5. The Kier molecular flexibility index (Phi) is 5.41. The average Bonchev–Trinajstić information content (AvgIpc) is 2.96. The lowest BCUT2D eigenvalue weighted by molar-refractivity contribution is -0.124. The van der Waals surface area contributed by atoms with Gasteiger partial charge in [0.2, 0.25) is 5.91 Å². The zero-order chi connectivity index (χ0) is 16.3. The third-order valence-electron chi connectivity index (χ3n) is 2.77. The molecule has 4 nitrogen and oxygen atoms in total. The molecule has 0 bridgehead atoms. The van der Waals surface area contributed by atoms with Gasteiger partial charge in [-0.05, 0) is 38.3 Å². The van der Waals surface area contributed by atoms with Crippen LogP contribution in [0.3, 0.4) is 0 Å². The molecule has 7 heteroatoms. The summed E-state index contributed by atoms with van der Waals surface area (Å²) in [7, 11) is 0. The largest absolute Gasteiger partial charge is 0.351 e. The molecule has 1 N–H and O–H groups in total. The number of hydrogen-bond donors (Lipinski definition) is 1. The van der Waals surface area contributed by atoms with Crippen molar-refractivity contribution in [2.75, 3.05) is 6.54 Å². The summed E-state index contributed by atoms with van der Waals surface area (Å²) in [4.78, 5) is 27.4. The van der Waals surface area contributed by atoms with Crippen molar-refractivity contribution in [3.63, 3.8) is 0 Å². The molecule has 1 aliphatic rings. The molecule has 0 atom stereocenters. The van der Waals surface area contributed by atoms with E-state index in [0.29, 0.717) is 15.8 Å². The number of thiophene rings is 1. The summed E-state index contributed by atoms with van der Waals surface area (Å²) >= 11 is 8.11. The lowest BCUT2D eigenvalue weighted by Crippen LogP contribution is -2.42. The second-order valence-corrected chi connectivity index (χ2v) is 8.55. The fourth-order valence-corrected chi connectivity index (χ4v) is 3.92. The second-order valence-electron chi connectivity index (χ2n) is 5.90. The van der Waals surface area contributed by atoms with E-state index in [1.165, 1.54) is 16.7 Å². The number of amides is 2. The highest BCUT2D eigenvalue weighted by atomic mass is 32.2. The van der Waals surface area contributed by atoms with E-state index in [-0.39, 0.29) is 23.8 Å². The monoisotopic (exact) mass is 354 g/mol. The van der Waals surface area contributed by atoms with Crippen LogP contribution in [0.25, 0.3) is 6.08 Å². The van der Waals surface area contributed by atoms with Gasteiger partial charge in [-0.25, -0.2) is 0 Å². The Morgan fingerprint density at radius 1 is 1.45 bits per heavy atom. The first-order valence-corrected chi connectivity index (χ1v) is 8.96.